The van der Waals surface area contributed by atoms with Gasteiger partial charge in [-0.25, -0.2) is 4.79 Å². The fraction of sp³-hybridized carbons (Fsp3) is 0.250. The van der Waals surface area contributed by atoms with Crippen LogP contribution in [0, 0.1) is 0 Å². The number of carboxylic acids is 1. The Morgan fingerprint density at radius 1 is 1.18 bits per heavy atom. The minimum absolute atomic E-state index is 0.288. The summed E-state index contributed by atoms with van der Waals surface area (Å²) in [5.41, 5.74) is 0.288. The van der Waals surface area contributed by atoms with Crippen molar-refractivity contribution in [3.05, 3.63) is 35.9 Å². The van der Waals surface area contributed by atoms with E-state index in [-0.39, 0.29) is 5.56 Å². The summed E-state index contributed by atoms with van der Waals surface area (Å²) >= 11 is 0. The zero-order valence-corrected chi connectivity index (χ0v) is 9.58. The molecule has 0 fully saturated rings. The molecule has 0 saturated carbocycles. The van der Waals surface area contributed by atoms with Gasteiger partial charge in [-0.15, -0.1) is 0 Å². The van der Waals surface area contributed by atoms with Crippen LogP contribution >= 0.6 is 0 Å². The molecule has 0 aliphatic carbocycles. The van der Waals surface area contributed by atoms with Crippen molar-refractivity contribution in [1.29, 1.82) is 0 Å². The lowest BCUT2D eigenvalue weighted by Crippen LogP contribution is -2.46. The first-order chi connectivity index (χ1) is 7.95. The van der Waals surface area contributed by atoms with Gasteiger partial charge in [0.2, 0.25) is 5.91 Å². The molecule has 0 spiro atoms. The summed E-state index contributed by atoms with van der Waals surface area (Å²) in [6, 6.07) is 6.92. The molecule has 1 unspecified atom stereocenters. The van der Waals surface area contributed by atoms with Crippen LogP contribution in [0.3, 0.4) is 0 Å². The number of hydrogen-bond acceptors (Lipinski definition) is 3. The second-order valence-corrected chi connectivity index (χ2v) is 3.57. The molecule has 0 saturated heterocycles. The average molecular weight is 235 g/mol. The summed E-state index contributed by atoms with van der Waals surface area (Å²) in [6.45, 7) is 2.46. The van der Waals surface area contributed by atoms with Crippen molar-refractivity contribution in [2.45, 2.75) is 19.9 Å². The van der Waals surface area contributed by atoms with E-state index in [1.807, 2.05) is 0 Å². The maximum Gasteiger partial charge on any atom is 0.326 e. The second kappa shape index (κ2) is 5.25. The molecule has 1 atom stereocenters. The molecule has 5 nitrogen and oxygen atoms in total. The van der Waals surface area contributed by atoms with Crippen LogP contribution in [0.4, 0.5) is 0 Å². The maximum atomic E-state index is 12.0. The smallest absolute Gasteiger partial charge is 0.326 e. The topological polar surface area (TPSA) is 74.7 Å². The molecule has 2 amide bonds. The number of hydrogen-bond donors (Lipinski definition) is 1. The summed E-state index contributed by atoms with van der Waals surface area (Å²) in [4.78, 5) is 34.9. The Balaban J connectivity index is 3.05. The number of imide groups is 1. The number of benzene rings is 1. The lowest BCUT2D eigenvalue weighted by molar-refractivity contribution is -0.146. The predicted octanol–water partition coefficient (Wildman–Crippen LogP) is 1.15. The van der Waals surface area contributed by atoms with Crippen LogP contribution in [0.1, 0.15) is 24.2 Å². The number of carbonyl (C=O) groups is 3. The van der Waals surface area contributed by atoms with Gasteiger partial charge in [0, 0.05) is 12.5 Å². The molecule has 90 valence electrons. The molecule has 5 heteroatoms. The van der Waals surface area contributed by atoms with Gasteiger partial charge in [-0.1, -0.05) is 18.2 Å². The molecule has 1 aromatic carbocycles. The van der Waals surface area contributed by atoms with Crippen molar-refractivity contribution in [2.75, 3.05) is 0 Å². The van der Waals surface area contributed by atoms with Crippen LogP contribution in [0.15, 0.2) is 30.3 Å². The van der Waals surface area contributed by atoms with Gasteiger partial charge in [0.05, 0.1) is 0 Å². The first-order valence-electron chi connectivity index (χ1n) is 5.07. The van der Waals surface area contributed by atoms with E-state index < -0.39 is 23.8 Å². The third kappa shape index (κ3) is 2.90. The number of amides is 2. The highest BCUT2D eigenvalue weighted by Crippen LogP contribution is 2.09. The molecule has 17 heavy (non-hydrogen) atoms. The average Bonchev–Trinajstić information content (AvgIpc) is 2.29. The third-order valence-corrected chi connectivity index (χ3v) is 2.32. The fourth-order valence-electron chi connectivity index (χ4n) is 1.42. The highest BCUT2D eigenvalue weighted by atomic mass is 16.4. The minimum Gasteiger partial charge on any atom is -0.480 e. The van der Waals surface area contributed by atoms with Crippen molar-refractivity contribution in [2.24, 2.45) is 0 Å². The molecule has 0 heterocycles. The molecular formula is C12H13NO4. The number of nitrogens with zero attached hydrogens (tertiary/aromatic N) is 1. The molecule has 1 aromatic rings. The van der Waals surface area contributed by atoms with E-state index in [0.717, 1.165) is 4.90 Å². The van der Waals surface area contributed by atoms with Gasteiger partial charge >= 0.3 is 5.97 Å². The van der Waals surface area contributed by atoms with Crippen LogP contribution in [-0.2, 0) is 9.59 Å². The van der Waals surface area contributed by atoms with Crippen LogP contribution in [0.25, 0.3) is 0 Å². The van der Waals surface area contributed by atoms with Gasteiger partial charge in [0.1, 0.15) is 6.04 Å². The lowest BCUT2D eigenvalue weighted by Gasteiger charge is -2.23. The normalized spacial score (nSPS) is 11.6. The van der Waals surface area contributed by atoms with E-state index >= 15 is 0 Å². The molecular weight excluding hydrogens is 222 g/mol. The standard InChI is InChI=1S/C12H13NO4/c1-8(12(16)17)13(9(2)14)11(15)10-6-4-3-5-7-10/h3-8H,1-2H3,(H,16,17). The summed E-state index contributed by atoms with van der Waals surface area (Å²) in [5.74, 6) is -2.41. The molecule has 0 bridgehead atoms. The van der Waals surface area contributed by atoms with Crippen LogP contribution in [-0.4, -0.2) is 33.8 Å². The lowest BCUT2D eigenvalue weighted by atomic mass is 10.1. The van der Waals surface area contributed by atoms with E-state index in [0.29, 0.717) is 0 Å². The van der Waals surface area contributed by atoms with E-state index in [1.54, 1.807) is 18.2 Å². The number of rotatable bonds is 3. The predicted molar refractivity (Wildman–Crippen MR) is 60.4 cm³/mol. The minimum atomic E-state index is -1.22. The molecule has 1 N–H and O–H groups in total. The Bertz CT molecular complexity index is 441. The quantitative estimate of drug-likeness (QED) is 0.852. The maximum absolute atomic E-state index is 12.0. The summed E-state index contributed by atoms with van der Waals surface area (Å²) < 4.78 is 0. The Hall–Kier alpha value is -2.17. The highest BCUT2D eigenvalue weighted by Gasteiger charge is 2.29. The Morgan fingerprint density at radius 2 is 1.71 bits per heavy atom. The molecule has 0 aromatic heterocycles. The number of carboxylic acid groups (broad SMARTS) is 1. The third-order valence-electron chi connectivity index (χ3n) is 2.32. The van der Waals surface area contributed by atoms with Gasteiger partial charge in [0.15, 0.2) is 0 Å². The van der Waals surface area contributed by atoms with Crippen molar-refractivity contribution in [1.82, 2.24) is 4.90 Å². The first-order valence-corrected chi connectivity index (χ1v) is 5.07. The van der Waals surface area contributed by atoms with E-state index in [4.69, 9.17) is 5.11 Å². The summed E-state index contributed by atoms with van der Waals surface area (Å²) in [5, 5.41) is 8.85. The summed E-state index contributed by atoms with van der Waals surface area (Å²) in [6.07, 6.45) is 0. The monoisotopic (exact) mass is 235 g/mol. The Kier molecular flexibility index (Phi) is 3.98. The van der Waals surface area contributed by atoms with Gasteiger partial charge in [0.25, 0.3) is 5.91 Å². The molecule has 0 radical (unpaired) electrons. The van der Waals surface area contributed by atoms with Crippen LogP contribution in [0.2, 0.25) is 0 Å². The Labute approximate surface area is 98.7 Å². The number of carbonyl (C=O) groups excluding carboxylic acids is 2. The SMILES string of the molecule is CC(=O)N(C(=O)c1ccccc1)C(C)C(=O)O. The van der Waals surface area contributed by atoms with Gasteiger partial charge in [-0.3, -0.25) is 14.5 Å². The van der Waals surface area contributed by atoms with Gasteiger partial charge in [-0.2, -0.15) is 0 Å². The van der Waals surface area contributed by atoms with E-state index in [1.165, 1.54) is 26.0 Å². The van der Waals surface area contributed by atoms with Crippen molar-refractivity contribution in [3.8, 4) is 0 Å². The largest absolute Gasteiger partial charge is 0.480 e. The van der Waals surface area contributed by atoms with E-state index in [9.17, 15) is 14.4 Å². The zero-order valence-electron chi connectivity index (χ0n) is 9.58. The summed E-state index contributed by atoms with van der Waals surface area (Å²) in [7, 11) is 0. The van der Waals surface area contributed by atoms with Crippen LogP contribution in [0.5, 0.6) is 0 Å². The molecule has 0 aliphatic rings. The first kappa shape index (κ1) is 12.9. The molecule has 1 rings (SSSR count). The van der Waals surface area contributed by atoms with Crippen molar-refractivity contribution < 1.29 is 19.5 Å². The van der Waals surface area contributed by atoms with Crippen molar-refractivity contribution in [3.63, 3.8) is 0 Å². The second-order valence-electron chi connectivity index (χ2n) is 3.57. The van der Waals surface area contributed by atoms with Gasteiger partial charge < -0.3 is 5.11 Å². The van der Waals surface area contributed by atoms with Gasteiger partial charge in [-0.05, 0) is 19.1 Å². The van der Waals surface area contributed by atoms with E-state index in [2.05, 4.69) is 0 Å². The van der Waals surface area contributed by atoms with Crippen molar-refractivity contribution >= 4 is 17.8 Å². The zero-order chi connectivity index (χ0) is 13.0. The highest BCUT2D eigenvalue weighted by molar-refractivity contribution is 6.06. The Morgan fingerprint density at radius 3 is 2.12 bits per heavy atom. The molecule has 0 aliphatic heterocycles. The fourth-order valence-corrected chi connectivity index (χ4v) is 1.42. The van der Waals surface area contributed by atoms with Crippen LogP contribution < -0.4 is 0 Å². The number of aliphatic carboxylic acids is 1.